The number of nitrogens with zero attached hydrogens (tertiary/aromatic N) is 1. The minimum Gasteiger partial charge on any atom is -0.377 e. The molecular weight excluding hydrogens is 328 g/mol. The summed E-state index contributed by atoms with van der Waals surface area (Å²) in [5.74, 6) is 0. The van der Waals surface area contributed by atoms with E-state index in [1.165, 1.54) is 11.3 Å². The normalized spacial score (nSPS) is 12.0. The third-order valence-electron chi connectivity index (χ3n) is 3.12. The molecule has 0 atom stereocenters. The molecule has 0 bridgehead atoms. The molecule has 0 saturated heterocycles. The molecule has 0 aliphatic carbocycles. The predicted octanol–water partition coefficient (Wildman–Crippen LogP) is 4.20. The van der Waals surface area contributed by atoms with Gasteiger partial charge in [0.05, 0.1) is 18.4 Å². The zero-order chi connectivity index (χ0) is 16.0. The smallest absolute Gasteiger partial charge is 0.0644 e. The average molecular weight is 357 g/mol. The molecular formula is C17H29BrN2O. The first-order valence-corrected chi connectivity index (χ1v) is 8.34. The second kappa shape index (κ2) is 8.16. The lowest BCUT2D eigenvalue weighted by molar-refractivity contribution is 0.0846. The van der Waals surface area contributed by atoms with Crippen LogP contribution in [0.25, 0.3) is 0 Å². The minimum absolute atomic E-state index is 0.135. The molecule has 0 saturated carbocycles. The summed E-state index contributed by atoms with van der Waals surface area (Å²) in [4.78, 5) is 2.22. The molecule has 1 N–H and O–H groups in total. The number of hydrogen-bond donors (Lipinski definition) is 1. The number of anilines is 1. The van der Waals surface area contributed by atoms with Gasteiger partial charge in [-0.3, -0.25) is 0 Å². The molecule has 0 fully saturated rings. The van der Waals surface area contributed by atoms with Crippen molar-refractivity contribution in [2.75, 3.05) is 25.1 Å². The van der Waals surface area contributed by atoms with Gasteiger partial charge in [0, 0.05) is 30.1 Å². The highest BCUT2D eigenvalue weighted by Crippen LogP contribution is 2.26. The van der Waals surface area contributed by atoms with Gasteiger partial charge in [0.2, 0.25) is 0 Å². The molecule has 0 radical (unpaired) electrons. The lowest BCUT2D eigenvalue weighted by Gasteiger charge is -2.23. The van der Waals surface area contributed by atoms with Gasteiger partial charge in [-0.2, -0.15) is 0 Å². The van der Waals surface area contributed by atoms with E-state index in [2.05, 4.69) is 86.0 Å². The summed E-state index contributed by atoms with van der Waals surface area (Å²) in [6.45, 7) is 13.2. The number of halogens is 1. The van der Waals surface area contributed by atoms with Crippen molar-refractivity contribution in [3.8, 4) is 0 Å². The van der Waals surface area contributed by atoms with Gasteiger partial charge in [0.25, 0.3) is 0 Å². The summed E-state index contributed by atoms with van der Waals surface area (Å²) in [6, 6.07) is 6.53. The Morgan fingerprint density at radius 2 is 1.95 bits per heavy atom. The van der Waals surface area contributed by atoms with Crippen LogP contribution in [0.1, 0.15) is 40.2 Å². The van der Waals surface area contributed by atoms with Crippen LogP contribution in [0.5, 0.6) is 0 Å². The van der Waals surface area contributed by atoms with Crippen LogP contribution in [-0.4, -0.2) is 31.8 Å². The van der Waals surface area contributed by atoms with E-state index in [9.17, 15) is 0 Å². The van der Waals surface area contributed by atoms with E-state index < -0.39 is 0 Å². The molecule has 120 valence electrons. The van der Waals surface area contributed by atoms with Crippen molar-refractivity contribution in [1.82, 2.24) is 5.32 Å². The van der Waals surface area contributed by atoms with Crippen molar-refractivity contribution in [2.45, 2.75) is 52.8 Å². The summed E-state index contributed by atoms with van der Waals surface area (Å²) in [6.07, 6.45) is 0.285. The van der Waals surface area contributed by atoms with Gasteiger partial charge in [0.15, 0.2) is 0 Å². The van der Waals surface area contributed by atoms with Gasteiger partial charge >= 0.3 is 0 Å². The highest BCUT2D eigenvalue weighted by molar-refractivity contribution is 9.10. The molecule has 0 spiro atoms. The minimum atomic E-state index is 0.135. The highest BCUT2D eigenvalue weighted by Gasteiger charge is 2.10. The second-order valence-electron chi connectivity index (χ2n) is 6.73. The fourth-order valence-corrected chi connectivity index (χ4v) is 2.61. The van der Waals surface area contributed by atoms with E-state index in [0.717, 1.165) is 24.2 Å². The van der Waals surface area contributed by atoms with Crippen molar-refractivity contribution in [1.29, 1.82) is 0 Å². The predicted molar refractivity (Wildman–Crippen MR) is 95.1 cm³/mol. The molecule has 1 aromatic rings. The number of rotatable bonds is 7. The molecule has 3 nitrogen and oxygen atoms in total. The number of nitrogens with one attached hydrogen (secondary N) is 1. The van der Waals surface area contributed by atoms with Crippen LogP contribution in [-0.2, 0) is 11.3 Å². The quantitative estimate of drug-likeness (QED) is 0.792. The fraction of sp³-hybridized carbons (Fsp3) is 0.647. The van der Waals surface area contributed by atoms with Crippen LogP contribution in [0, 0.1) is 0 Å². The summed E-state index contributed by atoms with van der Waals surface area (Å²) < 4.78 is 6.73. The maximum absolute atomic E-state index is 5.61. The van der Waals surface area contributed by atoms with Crippen LogP contribution in [0.4, 0.5) is 5.69 Å². The van der Waals surface area contributed by atoms with Crippen molar-refractivity contribution in [3.63, 3.8) is 0 Å². The first-order chi connectivity index (χ1) is 9.69. The molecule has 0 aromatic heterocycles. The topological polar surface area (TPSA) is 24.5 Å². The molecule has 0 amide bonds. The van der Waals surface area contributed by atoms with Crippen molar-refractivity contribution in [3.05, 3.63) is 28.2 Å². The van der Waals surface area contributed by atoms with Crippen molar-refractivity contribution in [2.24, 2.45) is 0 Å². The van der Waals surface area contributed by atoms with Gasteiger partial charge in [-0.15, -0.1) is 0 Å². The van der Waals surface area contributed by atoms with Gasteiger partial charge in [-0.05, 0) is 68.2 Å². The first-order valence-electron chi connectivity index (χ1n) is 7.55. The molecule has 1 rings (SSSR count). The average Bonchev–Trinajstić information content (AvgIpc) is 2.35. The highest BCUT2D eigenvalue weighted by atomic mass is 79.9. The Morgan fingerprint density at radius 3 is 2.48 bits per heavy atom. The Hall–Kier alpha value is -0.580. The van der Waals surface area contributed by atoms with Crippen molar-refractivity contribution >= 4 is 21.6 Å². The SMILES string of the molecule is CC(C)OCCN(C)c1ccc(CNC(C)(C)C)cc1Br. The zero-order valence-corrected chi connectivity index (χ0v) is 15.8. The van der Waals surface area contributed by atoms with Crippen LogP contribution in [0.15, 0.2) is 22.7 Å². The van der Waals surface area contributed by atoms with E-state index in [1.54, 1.807) is 0 Å². The molecule has 21 heavy (non-hydrogen) atoms. The zero-order valence-electron chi connectivity index (χ0n) is 14.2. The maximum atomic E-state index is 5.61. The first kappa shape index (κ1) is 18.5. The van der Waals surface area contributed by atoms with Crippen LogP contribution >= 0.6 is 15.9 Å². The molecule has 0 aliphatic rings. The Morgan fingerprint density at radius 1 is 1.29 bits per heavy atom. The Kier molecular flexibility index (Phi) is 7.17. The number of hydrogen-bond acceptors (Lipinski definition) is 3. The van der Waals surface area contributed by atoms with E-state index in [0.29, 0.717) is 0 Å². The molecule has 0 aliphatic heterocycles. The summed E-state index contributed by atoms with van der Waals surface area (Å²) in [5, 5.41) is 3.51. The van der Waals surface area contributed by atoms with Crippen LogP contribution in [0.3, 0.4) is 0 Å². The Bertz CT molecular complexity index is 441. The maximum Gasteiger partial charge on any atom is 0.0644 e. The Balaban J connectivity index is 2.60. The monoisotopic (exact) mass is 356 g/mol. The molecule has 0 heterocycles. The van der Waals surface area contributed by atoms with Gasteiger partial charge in [0.1, 0.15) is 0 Å². The van der Waals surface area contributed by atoms with Gasteiger partial charge in [-0.1, -0.05) is 6.07 Å². The van der Waals surface area contributed by atoms with Crippen LogP contribution in [0.2, 0.25) is 0 Å². The Labute approximate surface area is 138 Å². The lowest BCUT2D eigenvalue weighted by atomic mass is 10.1. The van der Waals surface area contributed by atoms with E-state index in [-0.39, 0.29) is 11.6 Å². The van der Waals surface area contributed by atoms with E-state index in [4.69, 9.17) is 4.74 Å². The number of likely N-dealkylation sites (N-methyl/N-ethyl adjacent to an activating group) is 1. The fourth-order valence-electron chi connectivity index (χ4n) is 1.88. The lowest BCUT2D eigenvalue weighted by Crippen LogP contribution is -2.35. The number of ether oxygens (including phenoxy) is 1. The van der Waals surface area contributed by atoms with E-state index in [1.807, 2.05) is 0 Å². The van der Waals surface area contributed by atoms with Crippen molar-refractivity contribution < 1.29 is 4.74 Å². The van der Waals surface area contributed by atoms with Gasteiger partial charge < -0.3 is 15.0 Å². The third kappa shape index (κ3) is 7.30. The van der Waals surface area contributed by atoms with Crippen LogP contribution < -0.4 is 10.2 Å². The molecule has 1 aromatic carbocycles. The standard InChI is InChI=1S/C17H29BrN2O/c1-13(2)21-10-9-20(6)16-8-7-14(11-15(16)18)12-19-17(3,4)5/h7-8,11,13,19H,9-10,12H2,1-6H3. The molecule has 4 heteroatoms. The summed E-state index contributed by atoms with van der Waals surface area (Å²) in [5.41, 5.74) is 2.62. The second-order valence-corrected chi connectivity index (χ2v) is 7.58. The summed E-state index contributed by atoms with van der Waals surface area (Å²) in [7, 11) is 2.09. The third-order valence-corrected chi connectivity index (χ3v) is 3.76. The summed E-state index contributed by atoms with van der Waals surface area (Å²) >= 11 is 3.68. The van der Waals surface area contributed by atoms with Gasteiger partial charge in [-0.25, -0.2) is 0 Å². The molecule has 0 unspecified atom stereocenters. The number of benzene rings is 1. The van der Waals surface area contributed by atoms with E-state index >= 15 is 0 Å². The largest absolute Gasteiger partial charge is 0.377 e.